The largest absolute Gasteiger partial charge is 0.321 e. The lowest BCUT2D eigenvalue weighted by molar-refractivity contribution is 0.102. The Morgan fingerprint density at radius 2 is 1.61 bits per heavy atom. The van der Waals surface area contributed by atoms with Crippen molar-refractivity contribution < 1.29 is 4.79 Å². The number of para-hydroxylation sites is 2. The summed E-state index contributed by atoms with van der Waals surface area (Å²) in [6.45, 7) is 4.05. The summed E-state index contributed by atoms with van der Waals surface area (Å²) in [5, 5.41) is 11.2. The number of anilines is 1. The van der Waals surface area contributed by atoms with Crippen molar-refractivity contribution in [2.75, 3.05) is 5.32 Å². The van der Waals surface area contributed by atoms with Crippen molar-refractivity contribution in [1.29, 1.82) is 0 Å². The minimum atomic E-state index is -0.248. The highest BCUT2D eigenvalue weighted by molar-refractivity contribution is 6.03. The van der Waals surface area contributed by atoms with Gasteiger partial charge in [0.1, 0.15) is 0 Å². The number of benzene rings is 2. The van der Waals surface area contributed by atoms with Crippen molar-refractivity contribution in [3.8, 4) is 5.69 Å². The van der Waals surface area contributed by atoms with Crippen molar-refractivity contribution in [2.24, 2.45) is 0 Å². The van der Waals surface area contributed by atoms with Gasteiger partial charge in [-0.1, -0.05) is 55.5 Å². The van der Waals surface area contributed by atoms with E-state index in [-0.39, 0.29) is 11.8 Å². The summed E-state index contributed by atoms with van der Waals surface area (Å²) in [6, 6.07) is 19.0. The number of aromatic nitrogens is 3. The van der Waals surface area contributed by atoms with Gasteiger partial charge in [0.15, 0.2) is 5.69 Å². The van der Waals surface area contributed by atoms with Crippen LogP contribution in [-0.2, 0) is 0 Å². The molecule has 0 aliphatic carbocycles. The molecule has 0 saturated heterocycles. The van der Waals surface area contributed by atoms with E-state index in [4.69, 9.17) is 0 Å². The molecule has 116 valence electrons. The smallest absolute Gasteiger partial charge is 0.278 e. The first-order chi connectivity index (χ1) is 11.2. The molecule has 5 nitrogen and oxygen atoms in total. The van der Waals surface area contributed by atoms with Gasteiger partial charge in [0, 0.05) is 5.69 Å². The first kappa shape index (κ1) is 15.0. The molecule has 3 rings (SSSR count). The minimum Gasteiger partial charge on any atom is -0.321 e. The molecular formula is C18H18N4O. The van der Waals surface area contributed by atoms with E-state index in [0.29, 0.717) is 5.69 Å². The fraction of sp³-hybridized carbons (Fsp3) is 0.167. The van der Waals surface area contributed by atoms with Gasteiger partial charge in [-0.05, 0) is 30.2 Å². The van der Waals surface area contributed by atoms with Gasteiger partial charge in [0.25, 0.3) is 5.91 Å². The maximum absolute atomic E-state index is 12.6. The molecule has 1 amide bonds. The maximum Gasteiger partial charge on any atom is 0.278 e. The number of rotatable bonds is 4. The Balaban J connectivity index is 1.97. The van der Waals surface area contributed by atoms with Crippen LogP contribution in [0.25, 0.3) is 5.69 Å². The van der Waals surface area contributed by atoms with Gasteiger partial charge >= 0.3 is 0 Å². The van der Waals surface area contributed by atoms with Gasteiger partial charge in [-0.25, -0.2) is 4.68 Å². The van der Waals surface area contributed by atoms with Gasteiger partial charge in [-0.3, -0.25) is 4.79 Å². The van der Waals surface area contributed by atoms with Crippen LogP contribution in [0, 0.1) is 0 Å². The van der Waals surface area contributed by atoms with Gasteiger partial charge in [0.2, 0.25) is 0 Å². The molecule has 0 fully saturated rings. The van der Waals surface area contributed by atoms with Crippen molar-refractivity contribution in [1.82, 2.24) is 15.0 Å². The molecule has 0 aliphatic heterocycles. The van der Waals surface area contributed by atoms with Gasteiger partial charge in [-0.2, -0.15) is 0 Å². The highest BCUT2D eigenvalue weighted by Gasteiger charge is 2.22. The van der Waals surface area contributed by atoms with Crippen molar-refractivity contribution in [3.05, 3.63) is 72.1 Å². The number of nitrogens with one attached hydrogen (secondary N) is 1. The predicted octanol–water partition coefficient (Wildman–Crippen LogP) is 3.64. The summed E-state index contributed by atoms with van der Waals surface area (Å²) in [5.74, 6) is -0.135. The first-order valence-corrected chi connectivity index (χ1v) is 7.54. The van der Waals surface area contributed by atoms with Gasteiger partial charge in [-0.15, -0.1) is 5.10 Å². The number of hydrogen-bond donors (Lipinski definition) is 1. The number of amides is 1. The van der Waals surface area contributed by atoms with Crippen LogP contribution in [0.1, 0.15) is 35.9 Å². The molecule has 1 heterocycles. The van der Waals surface area contributed by atoms with E-state index in [1.807, 2.05) is 74.5 Å². The zero-order chi connectivity index (χ0) is 16.2. The van der Waals surface area contributed by atoms with Crippen molar-refractivity contribution in [2.45, 2.75) is 19.8 Å². The SMILES string of the molecule is CC(C)c1c(C(=O)Nc2ccccc2)nnn1-c1ccccc1. The Kier molecular flexibility index (Phi) is 4.19. The third-order valence-corrected chi connectivity index (χ3v) is 3.50. The average Bonchev–Trinajstić information content (AvgIpc) is 3.02. The molecule has 5 heteroatoms. The Labute approximate surface area is 135 Å². The first-order valence-electron chi connectivity index (χ1n) is 7.54. The number of nitrogens with zero attached hydrogens (tertiary/aromatic N) is 3. The van der Waals surface area contributed by atoms with Crippen LogP contribution in [0.15, 0.2) is 60.7 Å². The molecule has 1 aromatic heterocycles. The molecular weight excluding hydrogens is 288 g/mol. The van der Waals surface area contributed by atoms with Crippen LogP contribution >= 0.6 is 0 Å². The summed E-state index contributed by atoms with van der Waals surface area (Å²) in [4.78, 5) is 12.6. The van der Waals surface area contributed by atoms with E-state index in [0.717, 1.165) is 17.1 Å². The predicted molar refractivity (Wildman–Crippen MR) is 89.8 cm³/mol. The zero-order valence-corrected chi connectivity index (χ0v) is 13.1. The molecule has 0 atom stereocenters. The topological polar surface area (TPSA) is 59.8 Å². The van der Waals surface area contributed by atoms with Crippen LogP contribution in [0.3, 0.4) is 0 Å². The Morgan fingerprint density at radius 1 is 1.00 bits per heavy atom. The fourth-order valence-corrected chi connectivity index (χ4v) is 2.44. The van der Waals surface area contributed by atoms with Gasteiger partial charge in [0.05, 0.1) is 11.4 Å². The van der Waals surface area contributed by atoms with E-state index in [1.165, 1.54) is 0 Å². The molecule has 1 N–H and O–H groups in total. The quantitative estimate of drug-likeness (QED) is 0.800. The van der Waals surface area contributed by atoms with Crippen LogP contribution in [0.4, 0.5) is 5.69 Å². The fourth-order valence-electron chi connectivity index (χ4n) is 2.44. The molecule has 23 heavy (non-hydrogen) atoms. The molecule has 3 aromatic rings. The molecule has 0 radical (unpaired) electrons. The third-order valence-electron chi connectivity index (χ3n) is 3.50. The Bertz CT molecular complexity index is 794. The van der Waals surface area contributed by atoms with Crippen LogP contribution < -0.4 is 5.32 Å². The Morgan fingerprint density at radius 3 is 2.22 bits per heavy atom. The van der Waals surface area contributed by atoms with Crippen molar-refractivity contribution in [3.63, 3.8) is 0 Å². The molecule has 0 spiro atoms. The summed E-state index contributed by atoms with van der Waals surface area (Å²) in [5.41, 5.74) is 2.78. The monoisotopic (exact) mass is 306 g/mol. The van der Waals surface area contributed by atoms with E-state index in [9.17, 15) is 4.79 Å². The lowest BCUT2D eigenvalue weighted by Crippen LogP contribution is -2.16. The van der Waals surface area contributed by atoms with Crippen LogP contribution in [0.5, 0.6) is 0 Å². The second-order valence-electron chi connectivity index (χ2n) is 5.55. The summed E-state index contributed by atoms with van der Waals surface area (Å²) in [6.07, 6.45) is 0. The summed E-state index contributed by atoms with van der Waals surface area (Å²) < 4.78 is 1.73. The summed E-state index contributed by atoms with van der Waals surface area (Å²) in [7, 11) is 0. The molecule has 0 aliphatic rings. The van der Waals surface area contributed by atoms with Gasteiger partial charge < -0.3 is 5.32 Å². The zero-order valence-electron chi connectivity index (χ0n) is 13.1. The van der Waals surface area contributed by atoms with E-state index in [1.54, 1.807) is 4.68 Å². The molecule has 0 unspecified atom stereocenters. The second kappa shape index (κ2) is 6.44. The number of carbonyl (C=O) groups is 1. The average molecular weight is 306 g/mol. The molecule has 2 aromatic carbocycles. The van der Waals surface area contributed by atoms with E-state index >= 15 is 0 Å². The van der Waals surface area contributed by atoms with Crippen molar-refractivity contribution >= 4 is 11.6 Å². The third kappa shape index (κ3) is 3.13. The highest BCUT2D eigenvalue weighted by atomic mass is 16.2. The Hall–Kier alpha value is -2.95. The highest BCUT2D eigenvalue weighted by Crippen LogP contribution is 2.22. The maximum atomic E-state index is 12.6. The molecule has 0 bridgehead atoms. The normalized spacial score (nSPS) is 10.7. The minimum absolute atomic E-state index is 0.113. The van der Waals surface area contributed by atoms with E-state index in [2.05, 4.69) is 15.6 Å². The van der Waals surface area contributed by atoms with E-state index < -0.39 is 0 Å². The second-order valence-corrected chi connectivity index (χ2v) is 5.55. The lowest BCUT2D eigenvalue weighted by Gasteiger charge is -2.11. The number of hydrogen-bond acceptors (Lipinski definition) is 3. The number of carbonyl (C=O) groups excluding carboxylic acids is 1. The van der Waals surface area contributed by atoms with Crippen LogP contribution in [0.2, 0.25) is 0 Å². The lowest BCUT2D eigenvalue weighted by atomic mass is 10.1. The standard InChI is InChI=1S/C18H18N4O/c1-13(2)17-16(18(23)19-14-9-5-3-6-10-14)20-21-22(17)15-11-7-4-8-12-15/h3-13H,1-2H3,(H,19,23). The van der Waals surface area contributed by atoms with Crippen LogP contribution in [-0.4, -0.2) is 20.9 Å². The molecule has 0 saturated carbocycles. The summed E-state index contributed by atoms with van der Waals surface area (Å²) >= 11 is 0.